The van der Waals surface area contributed by atoms with E-state index in [-0.39, 0.29) is 29.1 Å². The van der Waals surface area contributed by atoms with Gasteiger partial charge >= 0.3 is 0 Å². The highest BCUT2D eigenvalue weighted by molar-refractivity contribution is 5.97. The summed E-state index contributed by atoms with van der Waals surface area (Å²) in [5.74, 6) is 0.296. The topological polar surface area (TPSA) is 88.1 Å². The number of amides is 1. The van der Waals surface area contributed by atoms with Crippen molar-refractivity contribution in [2.75, 3.05) is 13.1 Å². The molecule has 31 heavy (non-hydrogen) atoms. The molecule has 3 heterocycles. The lowest BCUT2D eigenvalue weighted by molar-refractivity contribution is -0.133. The first kappa shape index (κ1) is 21.0. The van der Waals surface area contributed by atoms with Crippen LogP contribution in [0.2, 0.25) is 0 Å². The van der Waals surface area contributed by atoms with Crippen molar-refractivity contribution in [2.45, 2.75) is 32.6 Å². The molecule has 162 valence electrons. The normalized spacial score (nSPS) is 15.9. The monoisotopic (exact) mass is 420 g/mol. The van der Waals surface area contributed by atoms with Crippen molar-refractivity contribution in [1.82, 2.24) is 19.7 Å². The van der Waals surface area contributed by atoms with E-state index in [1.54, 1.807) is 24.1 Å². The first-order valence-corrected chi connectivity index (χ1v) is 10.8. The van der Waals surface area contributed by atoms with Crippen LogP contribution < -0.4 is 5.56 Å². The zero-order chi connectivity index (χ0) is 22.0. The molecule has 1 aliphatic rings. The van der Waals surface area contributed by atoms with Gasteiger partial charge in [-0.25, -0.2) is 0 Å². The second-order valence-electron chi connectivity index (χ2n) is 8.65. The molecule has 1 fully saturated rings. The second kappa shape index (κ2) is 8.88. The molecule has 1 aromatic carbocycles. The number of H-pyrrole nitrogens is 1. The number of piperidine rings is 1. The van der Waals surface area contributed by atoms with Gasteiger partial charge in [0.05, 0.1) is 11.8 Å². The van der Waals surface area contributed by atoms with Crippen molar-refractivity contribution in [3.63, 3.8) is 0 Å². The molecule has 1 atom stereocenters. The number of aromatic amines is 1. The van der Waals surface area contributed by atoms with Crippen LogP contribution in [0.5, 0.6) is 0 Å². The van der Waals surface area contributed by atoms with Gasteiger partial charge in [0.15, 0.2) is 5.78 Å². The fraction of sp³-hybridized carbons (Fsp3) is 0.417. The molecular formula is C24H28N4O3. The largest absolute Gasteiger partial charge is 0.343 e. The predicted molar refractivity (Wildman–Crippen MR) is 119 cm³/mol. The third kappa shape index (κ3) is 4.76. The Morgan fingerprint density at radius 2 is 1.97 bits per heavy atom. The molecule has 2 aromatic heterocycles. The summed E-state index contributed by atoms with van der Waals surface area (Å²) in [6, 6.07) is 9.51. The number of carbonyl (C=O) groups excluding carboxylic acids is 2. The number of ketones is 1. The number of carbonyl (C=O) groups is 2. The maximum absolute atomic E-state index is 12.8. The van der Waals surface area contributed by atoms with Crippen molar-refractivity contribution in [3.05, 3.63) is 64.3 Å². The molecule has 1 N–H and O–H groups in total. The highest BCUT2D eigenvalue weighted by atomic mass is 16.2. The van der Waals surface area contributed by atoms with Gasteiger partial charge in [-0.1, -0.05) is 25.1 Å². The molecule has 1 aliphatic heterocycles. The van der Waals surface area contributed by atoms with Crippen molar-refractivity contribution >= 4 is 22.5 Å². The van der Waals surface area contributed by atoms with Crippen molar-refractivity contribution in [3.8, 4) is 0 Å². The first-order valence-electron chi connectivity index (χ1n) is 10.8. The number of aryl methyl sites for hydroxylation is 1. The first-order chi connectivity index (χ1) is 14.9. The van der Waals surface area contributed by atoms with Crippen LogP contribution in [0.4, 0.5) is 0 Å². The summed E-state index contributed by atoms with van der Waals surface area (Å²) in [5.41, 5.74) is 1.40. The maximum atomic E-state index is 12.8. The predicted octanol–water partition coefficient (Wildman–Crippen LogP) is 2.95. The average molecular weight is 421 g/mol. The zero-order valence-electron chi connectivity index (χ0n) is 18.0. The highest BCUT2D eigenvalue weighted by Crippen LogP contribution is 2.23. The van der Waals surface area contributed by atoms with Gasteiger partial charge in [0, 0.05) is 49.8 Å². The molecule has 1 amide bonds. The Labute approximate surface area is 181 Å². The van der Waals surface area contributed by atoms with Crippen LogP contribution >= 0.6 is 0 Å². The number of fused-ring (bicyclic) bond motifs is 1. The van der Waals surface area contributed by atoms with Crippen LogP contribution in [0, 0.1) is 11.8 Å². The number of hydrogen-bond donors (Lipinski definition) is 1. The summed E-state index contributed by atoms with van der Waals surface area (Å²) in [6.07, 6.45) is 5.80. The molecule has 0 spiro atoms. The third-order valence-electron chi connectivity index (χ3n) is 6.11. The number of hydrogen-bond acceptors (Lipinski definition) is 4. The molecule has 0 bridgehead atoms. The van der Waals surface area contributed by atoms with Crippen LogP contribution in [0.25, 0.3) is 10.8 Å². The summed E-state index contributed by atoms with van der Waals surface area (Å²) in [5, 5.41) is 5.67. The molecule has 0 saturated carbocycles. The van der Waals surface area contributed by atoms with E-state index in [1.807, 2.05) is 42.2 Å². The molecule has 0 aliphatic carbocycles. The number of nitrogens with zero attached hydrogens (tertiary/aromatic N) is 3. The van der Waals surface area contributed by atoms with Crippen LogP contribution in [-0.2, 0) is 18.3 Å². The van der Waals surface area contributed by atoms with Crippen LogP contribution in [-0.4, -0.2) is 44.4 Å². The smallest absolute Gasteiger partial charge is 0.256 e. The van der Waals surface area contributed by atoms with Gasteiger partial charge in [0.25, 0.3) is 5.56 Å². The molecule has 1 unspecified atom stereocenters. The molecular weight excluding hydrogens is 392 g/mol. The van der Waals surface area contributed by atoms with Crippen LogP contribution in [0.3, 0.4) is 0 Å². The van der Waals surface area contributed by atoms with Crippen LogP contribution in [0.15, 0.2) is 47.5 Å². The summed E-state index contributed by atoms with van der Waals surface area (Å²) in [7, 11) is 1.80. The number of aromatic nitrogens is 3. The Hall–Kier alpha value is -3.22. The summed E-state index contributed by atoms with van der Waals surface area (Å²) < 4.78 is 1.63. The molecule has 7 heteroatoms. The standard InChI is InChI=1S/C24H28N4O3/c1-16(11-20-13-18-5-3-4-6-21(18)24(31)26-20)12-22(29)28-9-7-17(8-10-28)23(30)19-14-25-27(2)15-19/h3-6,13-17H,7-12H2,1-2H3,(H,26,31). The molecule has 4 rings (SSSR count). The number of benzene rings is 1. The lowest BCUT2D eigenvalue weighted by Crippen LogP contribution is -2.40. The minimum Gasteiger partial charge on any atom is -0.343 e. The minimum atomic E-state index is -0.0908. The maximum Gasteiger partial charge on any atom is 0.256 e. The van der Waals surface area contributed by atoms with E-state index >= 15 is 0 Å². The third-order valence-corrected chi connectivity index (χ3v) is 6.11. The number of Topliss-reactive ketones (excluding diaryl/α,β-unsaturated/α-hetero) is 1. The molecule has 7 nitrogen and oxygen atoms in total. The Morgan fingerprint density at radius 1 is 1.23 bits per heavy atom. The number of pyridine rings is 1. The SMILES string of the molecule is CC(CC(=O)N1CCC(C(=O)c2cnn(C)c2)CC1)Cc1cc2ccccc2c(=O)[nH]1. The van der Waals surface area contributed by atoms with Gasteiger partial charge in [0.1, 0.15) is 0 Å². The Bertz CT molecular complexity index is 1150. The summed E-state index contributed by atoms with van der Waals surface area (Å²) >= 11 is 0. The van der Waals surface area contributed by atoms with Gasteiger partial charge in [0.2, 0.25) is 5.91 Å². The number of likely N-dealkylation sites (tertiary alicyclic amines) is 1. The summed E-state index contributed by atoms with van der Waals surface area (Å²) in [4.78, 5) is 42.5. The van der Waals surface area contributed by atoms with E-state index in [1.165, 1.54) is 0 Å². The van der Waals surface area contributed by atoms with E-state index in [2.05, 4.69) is 10.1 Å². The van der Waals surface area contributed by atoms with E-state index in [9.17, 15) is 14.4 Å². The lowest BCUT2D eigenvalue weighted by Gasteiger charge is -2.32. The number of nitrogens with one attached hydrogen (secondary N) is 1. The van der Waals surface area contributed by atoms with Crippen molar-refractivity contribution in [2.24, 2.45) is 18.9 Å². The summed E-state index contributed by atoms with van der Waals surface area (Å²) in [6.45, 7) is 3.24. The van der Waals surface area contributed by atoms with Crippen molar-refractivity contribution < 1.29 is 9.59 Å². The lowest BCUT2D eigenvalue weighted by atomic mass is 9.89. The molecule has 1 saturated heterocycles. The zero-order valence-corrected chi connectivity index (χ0v) is 18.0. The van der Waals surface area contributed by atoms with Gasteiger partial charge in [-0.3, -0.25) is 19.1 Å². The Balaban J connectivity index is 1.31. The van der Waals surface area contributed by atoms with Crippen LogP contribution in [0.1, 0.15) is 42.2 Å². The minimum absolute atomic E-state index is 0.0478. The van der Waals surface area contributed by atoms with Gasteiger partial charge in [-0.05, 0) is 42.7 Å². The fourth-order valence-corrected chi connectivity index (χ4v) is 4.43. The van der Waals surface area contributed by atoms with E-state index in [4.69, 9.17) is 0 Å². The molecule has 0 radical (unpaired) electrons. The highest BCUT2D eigenvalue weighted by Gasteiger charge is 2.29. The van der Waals surface area contributed by atoms with E-state index < -0.39 is 0 Å². The fourth-order valence-electron chi connectivity index (χ4n) is 4.43. The van der Waals surface area contributed by atoms with E-state index in [0.29, 0.717) is 49.7 Å². The Morgan fingerprint density at radius 3 is 2.68 bits per heavy atom. The number of rotatable bonds is 6. The van der Waals surface area contributed by atoms with Gasteiger partial charge in [-0.15, -0.1) is 0 Å². The average Bonchev–Trinajstić information content (AvgIpc) is 3.19. The molecule has 3 aromatic rings. The van der Waals surface area contributed by atoms with E-state index in [0.717, 1.165) is 11.1 Å². The van der Waals surface area contributed by atoms with Gasteiger partial charge in [-0.2, -0.15) is 5.10 Å². The quantitative estimate of drug-likeness (QED) is 0.621. The Kier molecular flexibility index (Phi) is 6.02. The van der Waals surface area contributed by atoms with Crippen molar-refractivity contribution in [1.29, 1.82) is 0 Å². The second-order valence-corrected chi connectivity index (χ2v) is 8.65. The van der Waals surface area contributed by atoms with Gasteiger partial charge < -0.3 is 9.88 Å².